The summed E-state index contributed by atoms with van der Waals surface area (Å²) in [5.74, 6) is -1.53. The third-order valence-corrected chi connectivity index (χ3v) is 4.59. The molecule has 4 rings (SSSR count). The van der Waals surface area contributed by atoms with Gasteiger partial charge in [-0.3, -0.25) is 9.59 Å². The summed E-state index contributed by atoms with van der Waals surface area (Å²) in [5.41, 5.74) is 2.49. The Morgan fingerprint density at radius 3 is 2.80 bits per heavy atom. The number of benzene rings is 2. The van der Waals surface area contributed by atoms with E-state index in [-0.39, 0.29) is 18.9 Å². The molecule has 1 unspecified atom stereocenters. The summed E-state index contributed by atoms with van der Waals surface area (Å²) in [5, 5.41) is 9.57. The van der Waals surface area contributed by atoms with Crippen molar-refractivity contribution in [3.8, 4) is 11.5 Å². The van der Waals surface area contributed by atoms with Gasteiger partial charge in [0.25, 0.3) is 0 Å². The zero-order chi connectivity index (χ0) is 17.6. The highest BCUT2D eigenvalue weighted by molar-refractivity contribution is 6.33. The predicted octanol–water partition coefficient (Wildman–Crippen LogP) is 3.59. The molecule has 25 heavy (non-hydrogen) atoms. The number of carboxylic acids is 1. The maximum absolute atomic E-state index is 12.2. The molecule has 2 heterocycles. The number of rotatable bonds is 3. The lowest BCUT2D eigenvalue weighted by atomic mass is 10.1. The third-order valence-electron chi connectivity index (χ3n) is 4.26. The second kappa shape index (κ2) is 5.89. The quantitative estimate of drug-likeness (QED) is 0.775. The molecule has 0 radical (unpaired) electrons. The number of amides is 1. The minimum Gasteiger partial charge on any atom is -0.481 e. The van der Waals surface area contributed by atoms with Crippen molar-refractivity contribution >= 4 is 40.3 Å². The SMILES string of the molecule is O=C(O)C1CC(=O)N(c2ccc(Cl)c(-c3nc4ccccc4o3)c2)C1. The molecule has 126 valence electrons. The number of carbonyl (C=O) groups is 2. The minimum absolute atomic E-state index is 0.00379. The highest BCUT2D eigenvalue weighted by atomic mass is 35.5. The molecule has 1 fully saturated rings. The lowest BCUT2D eigenvalue weighted by Gasteiger charge is -2.17. The first-order valence-electron chi connectivity index (χ1n) is 7.71. The molecule has 0 spiro atoms. The number of halogens is 1. The normalized spacial score (nSPS) is 17.4. The number of nitrogens with zero attached hydrogens (tertiary/aromatic N) is 2. The Kier molecular flexibility index (Phi) is 3.69. The van der Waals surface area contributed by atoms with Gasteiger partial charge in [0, 0.05) is 18.7 Å². The summed E-state index contributed by atoms with van der Waals surface area (Å²) >= 11 is 6.28. The van der Waals surface area contributed by atoms with E-state index in [0.29, 0.717) is 33.3 Å². The molecule has 7 heteroatoms. The largest absolute Gasteiger partial charge is 0.481 e. The molecule has 1 aliphatic heterocycles. The Bertz CT molecular complexity index is 965. The van der Waals surface area contributed by atoms with Gasteiger partial charge in [0.15, 0.2) is 5.58 Å². The van der Waals surface area contributed by atoms with Crippen LogP contribution in [0.4, 0.5) is 5.69 Å². The van der Waals surface area contributed by atoms with E-state index in [1.165, 1.54) is 4.90 Å². The molecule has 0 saturated carbocycles. The third kappa shape index (κ3) is 2.74. The molecular formula is C18H13ClN2O4. The molecule has 1 aromatic heterocycles. The summed E-state index contributed by atoms with van der Waals surface area (Å²) < 4.78 is 5.75. The monoisotopic (exact) mass is 356 g/mol. The first-order chi connectivity index (χ1) is 12.0. The van der Waals surface area contributed by atoms with E-state index in [1.54, 1.807) is 18.2 Å². The van der Waals surface area contributed by atoms with Crippen LogP contribution in [0.1, 0.15) is 6.42 Å². The smallest absolute Gasteiger partial charge is 0.308 e. The maximum Gasteiger partial charge on any atom is 0.308 e. The average Bonchev–Trinajstić information content (AvgIpc) is 3.19. The number of hydrogen-bond acceptors (Lipinski definition) is 4. The molecule has 1 aliphatic rings. The second-order valence-corrected chi connectivity index (χ2v) is 6.30. The molecule has 1 saturated heterocycles. The fourth-order valence-electron chi connectivity index (χ4n) is 2.95. The van der Waals surface area contributed by atoms with Gasteiger partial charge in [-0.2, -0.15) is 0 Å². The lowest BCUT2D eigenvalue weighted by molar-refractivity contribution is -0.141. The van der Waals surface area contributed by atoms with Crippen molar-refractivity contribution in [2.24, 2.45) is 5.92 Å². The average molecular weight is 357 g/mol. The number of aliphatic carboxylic acids is 1. The van der Waals surface area contributed by atoms with E-state index in [0.717, 1.165) is 0 Å². The van der Waals surface area contributed by atoms with Gasteiger partial charge in [0.1, 0.15) is 5.52 Å². The number of aromatic nitrogens is 1. The van der Waals surface area contributed by atoms with Crippen LogP contribution in [0.5, 0.6) is 0 Å². The number of para-hydroxylation sites is 2. The van der Waals surface area contributed by atoms with Crippen LogP contribution in [0.15, 0.2) is 46.9 Å². The first-order valence-corrected chi connectivity index (χ1v) is 8.09. The minimum atomic E-state index is -0.969. The molecule has 1 amide bonds. The molecule has 2 aromatic carbocycles. The number of hydrogen-bond donors (Lipinski definition) is 1. The van der Waals surface area contributed by atoms with E-state index in [4.69, 9.17) is 21.1 Å². The van der Waals surface area contributed by atoms with Crippen LogP contribution < -0.4 is 4.90 Å². The Hall–Kier alpha value is -2.86. The van der Waals surface area contributed by atoms with Gasteiger partial charge in [-0.1, -0.05) is 23.7 Å². The summed E-state index contributed by atoms with van der Waals surface area (Å²) in [6.07, 6.45) is -0.00379. The van der Waals surface area contributed by atoms with Gasteiger partial charge in [-0.15, -0.1) is 0 Å². The summed E-state index contributed by atoms with van der Waals surface area (Å²) in [6, 6.07) is 12.4. The van der Waals surface area contributed by atoms with Gasteiger partial charge in [-0.25, -0.2) is 4.98 Å². The maximum atomic E-state index is 12.2. The molecular weight excluding hydrogens is 344 g/mol. The van der Waals surface area contributed by atoms with Crippen LogP contribution in [0.3, 0.4) is 0 Å². The number of fused-ring (bicyclic) bond motifs is 1. The van der Waals surface area contributed by atoms with Crippen LogP contribution in [-0.4, -0.2) is 28.5 Å². The highest BCUT2D eigenvalue weighted by Crippen LogP contribution is 2.35. The van der Waals surface area contributed by atoms with Crippen molar-refractivity contribution < 1.29 is 19.1 Å². The van der Waals surface area contributed by atoms with Crippen molar-refractivity contribution in [1.82, 2.24) is 4.98 Å². The lowest BCUT2D eigenvalue weighted by Crippen LogP contribution is -2.25. The van der Waals surface area contributed by atoms with E-state index in [1.807, 2.05) is 24.3 Å². The van der Waals surface area contributed by atoms with E-state index in [2.05, 4.69) is 4.98 Å². The first kappa shape index (κ1) is 15.7. The van der Waals surface area contributed by atoms with Crippen LogP contribution in [0, 0.1) is 5.92 Å². The second-order valence-electron chi connectivity index (χ2n) is 5.89. The van der Waals surface area contributed by atoms with E-state index < -0.39 is 11.9 Å². The number of carboxylic acid groups (broad SMARTS) is 1. The zero-order valence-corrected chi connectivity index (χ0v) is 13.7. The molecule has 1 atom stereocenters. The molecule has 0 bridgehead atoms. The summed E-state index contributed by atoms with van der Waals surface area (Å²) in [4.78, 5) is 29.2. The van der Waals surface area contributed by atoms with Crippen LogP contribution in [0.25, 0.3) is 22.6 Å². The molecule has 3 aromatic rings. The van der Waals surface area contributed by atoms with E-state index >= 15 is 0 Å². The van der Waals surface area contributed by atoms with Crippen LogP contribution >= 0.6 is 11.6 Å². The Morgan fingerprint density at radius 2 is 2.08 bits per heavy atom. The van der Waals surface area contributed by atoms with Crippen LogP contribution in [0.2, 0.25) is 5.02 Å². The van der Waals surface area contributed by atoms with Crippen molar-refractivity contribution in [3.63, 3.8) is 0 Å². The molecule has 6 nitrogen and oxygen atoms in total. The van der Waals surface area contributed by atoms with Gasteiger partial charge in [-0.05, 0) is 30.3 Å². The topological polar surface area (TPSA) is 83.6 Å². The fraction of sp³-hybridized carbons (Fsp3) is 0.167. The fourth-order valence-corrected chi connectivity index (χ4v) is 3.15. The van der Waals surface area contributed by atoms with Crippen molar-refractivity contribution in [3.05, 3.63) is 47.5 Å². The Labute approximate surface area is 147 Å². The Morgan fingerprint density at radius 1 is 1.28 bits per heavy atom. The van der Waals surface area contributed by atoms with Gasteiger partial charge in [0.2, 0.25) is 11.8 Å². The standard InChI is InChI=1S/C18H13ClN2O4/c19-13-6-5-11(21-9-10(18(23)24)7-16(21)22)8-12(13)17-20-14-3-1-2-4-15(14)25-17/h1-6,8,10H,7,9H2,(H,23,24). The Balaban J connectivity index is 1.74. The number of carbonyl (C=O) groups excluding carboxylic acids is 1. The van der Waals surface area contributed by atoms with E-state index in [9.17, 15) is 9.59 Å². The van der Waals surface area contributed by atoms with Crippen molar-refractivity contribution in [2.45, 2.75) is 6.42 Å². The summed E-state index contributed by atoms with van der Waals surface area (Å²) in [6.45, 7) is 0.142. The highest BCUT2D eigenvalue weighted by Gasteiger charge is 2.35. The van der Waals surface area contributed by atoms with Crippen molar-refractivity contribution in [1.29, 1.82) is 0 Å². The van der Waals surface area contributed by atoms with Crippen molar-refractivity contribution in [2.75, 3.05) is 11.4 Å². The van der Waals surface area contributed by atoms with Gasteiger partial charge in [0.05, 0.1) is 16.5 Å². The predicted molar refractivity (Wildman–Crippen MR) is 92.6 cm³/mol. The van der Waals surface area contributed by atoms with Crippen LogP contribution in [-0.2, 0) is 9.59 Å². The summed E-state index contributed by atoms with van der Waals surface area (Å²) in [7, 11) is 0. The zero-order valence-electron chi connectivity index (χ0n) is 13.0. The van der Waals surface area contributed by atoms with Gasteiger partial charge < -0.3 is 14.4 Å². The number of anilines is 1. The number of oxazole rings is 1. The molecule has 1 N–H and O–H groups in total. The molecule has 0 aliphatic carbocycles. The van der Waals surface area contributed by atoms with Gasteiger partial charge >= 0.3 is 5.97 Å².